The van der Waals surface area contributed by atoms with Crippen LogP contribution < -0.4 is 5.46 Å². The van der Waals surface area contributed by atoms with Crippen molar-refractivity contribution in [3.05, 3.63) is 29.3 Å². The van der Waals surface area contributed by atoms with E-state index < -0.39 is 0 Å². The van der Waals surface area contributed by atoms with Crippen LogP contribution in [0, 0.1) is 12.8 Å². The van der Waals surface area contributed by atoms with Crippen molar-refractivity contribution in [2.45, 2.75) is 65.2 Å². The van der Waals surface area contributed by atoms with Gasteiger partial charge in [0, 0.05) is 6.54 Å². The molecule has 0 saturated carbocycles. The lowest BCUT2D eigenvalue weighted by Crippen LogP contribution is -2.41. The molecule has 0 amide bonds. The Morgan fingerprint density at radius 2 is 1.78 bits per heavy atom. The Morgan fingerprint density at radius 3 is 2.33 bits per heavy atom. The zero-order chi connectivity index (χ0) is 19.8. The van der Waals surface area contributed by atoms with E-state index in [0.29, 0.717) is 0 Å². The average Bonchev–Trinajstić information content (AvgIpc) is 2.84. The lowest BCUT2D eigenvalue weighted by atomic mass is 9.77. The van der Waals surface area contributed by atoms with Gasteiger partial charge in [0.05, 0.1) is 24.2 Å². The van der Waals surface area contributed by atoms with Gasteiger partial charge in [0.25, 0.3) is 0 Å². The van der Waals surface area contributed by atoms with Gasteiger partial charge < -0.3 is 14.0 Å². The zero-order valence-corrected chi connectivity index (χ0v) is 17.5. The Balaban J connectivity index is 1.68. The molecule has 27 heavy (non-hydrogen) atoms. The first-order valence-corrected chi connectivity index (χ1v) is 9.88. The van der Waals surface area contributed by atoms with Gasteiger partial charge in [-0.2, -0.15) is 0 Å². The van der Waals surface area contributed by atoms with E-state index in [1.165, 1.54) is 18.2 Å². The third-order valence-electron chi connectivity index (χ3n) is 6.41. The molecule has 3 rings (SSSR count). The summed E-state index contributed by atoms with van der Waals surface area (Å²) in [7, 11) is 1.14. The van der Waals surface area contributed by atoms with Gasteiger partial charge in [-0.05, 0) is 77.1 Å². The molecule has 0 aromatic heterocycles. The highest BCUT2D eigenvalue weighted by Crippen LogP contribution is 2.36. The summed E-state index contributed by atoms with van der Waals surface area (Å²) in [6, 6.07) is 6.46. The Morgan fingerprint density at radius 1 is 1.19 bits per heavy atom. The smallest absolute Gasteiger partial charge is 0.469 e. The SMILES string of the molecule is COC(=O)C1CCN(Cc2cc(B3OC(C)(C)C(C)(C)O3)ccc2C)CC1. The van der Waals surface area contributed by atoms with Gasteiger partial charge in [0.1, 0.15) is 0 Å². The normalized spacial score (nSPS) is 22.8. The molecule has 6 heteroatoms. The van der Waals surface area contributed by atoms with Gasteiger partial charge in [-0.1, -0.05) is 18.2 Å². The van der Waals surface area contributed by atoms with Crippen LogP contribution >= 0.6 is 0 Å². The molecular formula is C21H32BNO4. The number of rotatable bonds is 4. The van der Waals surface area contributed by atoms with E-state index in [1.54, 1.807) is 0 Å². The monoisotopic (exact) mass is 373 g/mol. The van der Waals surface area contributed by atoms with Crippen LogP contribution in [-0.2, 0) is 25.4 Å². The van der Waals surface area contributed by atoms with Crippen LogP contribution in [0.3, 0.4) is 0 Å². The Labute approximate surface area is 163 Å². The van der Waals surface area contributed by atoms with Gasteiger partial charge >= 0.3 is 13.1 Å². The number of ether oxygens (including phenoxy) is 1. The lowest BCUT2D eigenvalue weighted by molar-refractivity contribution is -0.147. The van der Waals surface area contributed by atoms with E-state index in [1.807, 2.05) is 0 Å². The van der Waals surface area contributed by atoms with Crippen molar-refractivity contribution in [2.75, 3.05) is 20.2 Å². The van der Waals surface area contributed by atoms with Crippen molar-refractivity contribution in [1.29, 1.82) is 0 Å². The molecule has 2 heterocycles. The van der Waals surface area contributed by atoms with Crippen LogP contribution in [0.2, 0.25) is 0 Å². The largest absolute Gasteiger partial charge is 0.494 e. The van der Waals surface area contributed by atoms with Crippen LogP contribution in [0.25, 0.3) is 0 Å². The summed E-state index contributed by atoms with van der Waals surface area (Å²) in [4.78, 5) is 14.1. The fourth-order valence-electron chi connectivity index (χ4n) is 3.72. The summed E-state index contributed by atoms with van der Waals surface area (Å²) >= 11 is 0. The maximum absolute atomic E-state index is 11.7. The highest BCUT2D eigenvalue weighted by atomic mass is 16.7. The molecular weight excluding hydrogens is 341 g/mol. The minimum Gasteiger partial charge on any atom is -0.469 e. The predicted molar refractivity (Wildman–Crippen MR) is 107 cm³/mol. The number of piperidine rings is 1. The number of hydrogen-bond acceptors (Lipinski definition) is 5. The van der Waals surface area contributed by atoms with E-state index in [9.17, 15) is 4.79 Å². The fraction of sp³-hybridized carbons (Fsp3) is 0.667. The zero-order valence-electron chi connectivity index (χ0n) is 17.5. The molecule has 2 saturated heterocycles. The number of carbonyl (C=O) groups is 1. The first-order chi connectivity index (χ1) is 12.6. The van der Waals surface area contributed by atoms with Crippen LogP contribution in [-0.4, -0.2) is 49.4 Å². The summed E-state index contributed by atoms with van der Waals surface area (Å²) in [6.07, 6.45) is 1.73. The van der Waals surface area contributed by atoms with Crippen molar-refractivity contribution in [2.24, 2.45) is 5.92 Å². The molecule has 1 aromatic rings. The maximum atomic E-state index is 11.7. The number of nitrogens with zero attached hydrogens (tertiary/aromatic N) is 1. The molecule has 1 aromatic carbocycles. The number of likely N-dealkylation sites (tertiary alicyclic amines) is 1. The van der Waals surface area contributed by atoms with Crippen LogP contribution in [0.4, 0.5) is 0 Å². The molecule has 2 aliphatic heterocycles. The number of carbonyl (C=O) groups excluding carboxylic acids is 1. The first kappa shape index (κ1) is 20.4. The van der Waals surface area contributed by atoms with Gasteiger partial charge in [-0.25, -0.2) is 0 Å². The number of methoxy groups -OCH3 is 1. The average molecular weight is 373 g/mol. The second kappa shape index (κ2) is 7.57. The standard InChI is InChI=1S/C21H32BNO4/c1-15-7-8-18(22-26-20(2,3)21(4,5)27-22)13-17(15)14-23-11-9-16(10-12-23)19(24)25-6/h7-8,13,16H,9-12,14H2,1-6H3. The highest BCUT2D eigenvalue weighted by Gasteiger charge is 2.51. The molecule has 2 fully saturated rings. The van der Waals surface area contributed by atoms with E-state index >= 15 is 0 Å². The lowest BCUT2D eigenvalue weighted by Gasteiger charge is -2.32. The molecule has 0 unspecified atom stereocenters. The van der Waals surface area contributed by atoms with Crippen molar-refractivity contribution < 1.29 is 18.8 Å². The van der Waals surface area contributed by atoms with Crippen LogP contribution in [0.15, 0.2) is 18.2 Å². The Hall–Kier alpha value is -1.37. The number of esters is 1. The Kier molecular flexibility index (Phi) is 5.71. The minimum atomic E-state index is -0.335. The van der Waals surface area contributed by atoms with Crippen molar-refractivity contribution in [3.8, 4) is 0 Å². The molecule has 0 bridgehead atoms. The molecule has 2 aliphatic rings. The number of benzene rings is 1. The van der Waals surface area contributed by atoms with E-state index in [4.69, 9.17) is 14.0 Å². The van der Waals surface area contributed by atoms with E-state index in [0.717, 1.165) is 37.9 Å². The second-order valence-electron chi connectivity index (χ2n) is 8.85. The molecule has 0 N–H and O–H groups in total. The quantitative estimate of drug-likeness (QED) is 0.600. The molecule has 0 aliphatic carbocycles. The summed E-state index contributed by atoms with van der Waals surface area (Å²) in [6.45, 7) is 13.2. The fourth-order valence-corrected chi connectivity index (χ4v) is 3.72. The van der Waals surface area contributed by atoms with E-state index in [2.05, 4.69) is 57.7 Å². The van der Waals surface area contributed by atoms with Crippen LogP contribution in [0.1, 0.15) is 51.7 Å². The third kappa shape index (κ3) is 4.23. The molecule has 0 atom stereocenters. The van der Waals surface area contributed by atoms with E-state index in [-0.39, 0.29) is 30.2 Å². The van der Waals surface area contributed by atoms with Gasteiger partial charge in [-0.3, -0.25) is 9.69 Å². The van der Waals surface area contributed by atoms with Crippen molar-refractivity contribution >= 4 is 18.6 Å². The van der Waals surface area contributed by atoms with Gasteiger partial charge in [-0.15, -0.1) is 0 Å². The number of hydrogen-bond donors (Lipinski definition) is 0. The molecule has 0 spiro atoms. The summed E-state index contributed by atoms with van der Waals surface area (Å²) in [5, 5.41) is 0. The third-order valence-corrected chi connectivity index (χ3v) is 6.41. The first-order valence-electron chi connectivity index (χ1n) is 9.88. The molecule has 5 nitrogen and oxygen atoms in total. The minimum absolute atomic E-state index is 0.0448. The summed E-state index contributed by atoms with van der Waals surface area (Å²) in [5.41, 5.74) is 2.96. The van der Waals surface area contributed by atoms with Crippen molar-refractivity contribution in [1.82, 2.24) is 4.90 Å². The van der Waals surface area contributed by atoms with Crippen molar-refractivity contribution in [3.63, 3.8) is 0 Å². The molecule has 0 radical (unpaired) electrons. The topological polar surface area (TPSA) is 48.0 Å². The van der Waals surface area contributed by atoms with Gasteiger partial charge in [0.15, 0.2) is 0 Å². The maximum Gasteiger partial charge on any atom is 0.494 e. The number of aryl methyl sites for hydroxylation is 1. The van der Waals surface area contributed by atoms with Crippen LogP contribution in [0.5, 0.6) is 0 Å². The second-order valence-corrected chi connectivity index (χ2v) is 8.85. The summed E-state index contributed by atoms with van der Waals surface area (Å²) in [5.74, 6) is -0.0305. The summed E-state index contributed by atoms with van der Waals surface area (Å²) < 4.78 is 17.3. The predicted octanol–water partition coefficient (Wildman–Crippen LogP) is 2.68. The highest BCUT2D eigenvalue weighted by molar-refractivity contribution is 6.62. The molecule has 148 valence electrons. The van der Waals surface area contributed by atoms with Gasteiger partial charge in [0.2, 0.25) is 0 Å². The Bertz CT molecular complexity index is 679.